The maximum Gasteiger partial charge on any atom is 0.224 e. The molecule has 1 heterocycles. The Morgan fingerprint density at radius 3 is 2.86 bits per heavy atom. The molecule has 1 aromatic heterocycles. The SMILES string of the molecule is CCCC(=O)Nc1cc(C=O)n(C)c1. The molecule has 0 spiro atoms. The maximum absolute atomic E-state index is 11.2. The molecular weight excluding hydrogens is 180 g/mol. The molecule has 0 saturated carbocycles. The minimum atomic E-state index is -0.0180. The number of amides is 1. The van der Waals surface area contributed by atoms with E-state index < -0.39 is 0 Å². The zero-order chi connectivity index (χ0) is 10.6. The molecule has 14 heavy (non-hydrogen) atoms. The smallest absolute Gasteiger partial charge is 0.224 e. The Hall–Kier alpha value is -1.58. The van der Waals surface area contributed by atoms with Gasteiger partial charge < -0.3 is 9.88 Å². The van der Waals surface area contributed by atoms with E-state index in [0.29, 0.717) is 17.8 Å². The molecule has 0 aliphatic heterocycles. The van der Waals surface area contributed by atoms with Gasteiger partial charge in [-0.3, -0.25) is 9.59 Å². The lowest BCUT2D eigenvalue weighted by Gasteiger charge is -1.99. The van der Waals surface area contributed by atoms with Crippen molar-refractivity contribution in [3.8, 4) is 0 Å². The minimum Gasteiger partial charge on any atom is -0.346 e. The van der Waals surface area contributed by atoms with Crippen LogP contribution in [0.3, 0.4) is 0 Å². The van der Waals surface area contributed by atoms with Crippen LogP contribution >= 0.6 is 0 Å². The van der Waals surface area contributed by atoms with Crippen LogP contribution in [0.5, 0.6) is 0 Å². The average Bonchev–Trinajstić information content (AvgIpc) is 2.46. The van der Waals surface area contributed by atoms with Crippen LogP contribution in [0.4, 0.5) is 5.69 Å². The number of carbonyl (C=O) groups excluding carboxylic acids is 2. The molecule has 1 aromatic rings. The minimum absolute atomic E-state index is 0.0180. The van der Waals surface area contributed by atoms with Crippen molar-refractivity contribution in [1.82, 2.24) is 4.57 Å². The third kappa shape index (κ3) is 2.45. The number of anilines is 1. The molecule has 1 N–H and O–H groups in total. The highest BCUT2D eigenvalue weighted by atomic mass is 16.1. The lowest BCUT2D eigenvalue weighted by atomic mass is 10.3. The van der Waals surface area contributed by atoms with E-state index in [1.165, 1.54) is 0 Å². The molecule has 0 saturated heterocycles. The van der Waals surface area contributed by atoms with E-state index in [0.717, 1.165) is 12.7 Å². The predicted molar refractivity (Wildman–Crippen MR) is 54.3 cm³/mol. The predicted octanol–water partition coefficient (Wildman–Crippen LogP) is 1.58. The number of nitrogens with zero attached hydrogens (tertiary/aromatic N) is 1. The third-order valence-electron chi connectivity index (χ3n) is 1.92. The van der Waals surface area contributed by atoms with Crippen LogP contribution in [0.1, 0.15) is 30.3 Å². The molecular formula is C10H14N2O2. The van der Waals surface area contributed by atoms with E-state index in [4.69, 9.17) is 0 Å². The van der Waals surface area contributed by atoms with E-state index >= 15 is 0 Å². The summed E-state index contributed by atoms with van der Waals surface area (Å²) >= 11 is 0. The molecule has 0 fully saturated rings. The largest absolute Gasteiger partial charge is 0.346 e. The van der Waals surface area contributed by atoms with Crippen molar-refractivity contribution in [2.75, 3.05) is 5.32 Å². The van der Waals surface area contributed by atoms with Gasteiger partial charge in [0.15, 0.2) is 6.29 Å². The summed E-state index contributed by atoms with van der Waals surface area (Å²) in [6.07, 6.45) is 3.80. The average molecular weight is 194 g/mol. The monoisotopic (exact) mass is 194 g/mol. The molecule has 0 atom stereocenters. The maximum atomic E-state index is 11.2. The van der Waals surface area contributed by atoms with Gasteiger partial charge >= 0.3 is 0 Å². The first-order valence-electron chi connectivity index (χ1n) is 4.58. The second-order valence-corrected chi connectivity index (χ2v) is 3.18. The van der Waals surface area contributed by atoms with E-state index in [9.17, 15) is 9.59 Å². The summed E-state index contributed by atoms with van der Waals surface area (Å²) in [4.78, 5) is 21.7. The summed E-state index contributed by atoms with van der Waals surface area (Å²) in [5.74, 6) is -0.0180. The first kappa shape index (κ1) is 10.5. The first-order valence-corrected chi connectivity index (χ1v) is 4.58. The summed E-state index contributed by atoms with van der Waals surface area (Å²) in [5, 5.41) is 2.72. The quantitative estimate of drug-likeness (QED) is 0.740. The second-order valence-electron chi connectivity index (χ2n) is 3.18. The number of hydrogen-bond acceptors (Lipinski definition) is 2. The molecule has 1 rings (SSSR count). The molecule has 1 amide bonds. The number of carbonyl (C=O) groups is 2. The van der Waals surface area contributed by atoms with Gasteiger partial charge in [0, 0.05) is 19.7 Å². The molecule has 4 heteroatoms. The summed E-state index contributed by atoms with van der Waals surface area (Å²) < 4.78 is 1.68. The summed E-state index contributed by atoms with van der Waals surface area (Å²) in [5.41, 5.74) is 1.23. The highest BCUT2D eigenvalue weighted by molar-refractivity contribution is 5.91. The van der Waals surface area contributed by atoms with Crippen molar-refractivity contribution in [3.63, 3.8) is 0 Å². The van der Waals surface area contributed by atoms with Crippen molar-refractivity contribution in [2.24, 2.45) is 7.05 Å². The number of aromatic nitrogens is 1. The number of nitrogens with one attached hydrogen (secondary N) is 1. The van der Waals surface area contributed by atoms with Crippen LogP contribution in [-0.2, 0) is 11.8 Å². The van der Waals surface area contributed by atoms with Crippen LogP contribution in [-0.4, -0.2) is 16.8 Å². The molecule has 76 valence electrons. The Bertz CT molecular complexity index is 342. The molecule has 0 bridgehead atoms. The number of hydrogen-bond donors (Lipinski definition) is 1. The fraction of sp³-hybridized carbons (Fsp3) is 0.400. The highest BCUT2D eigenvalue weighted by Gasteiger charge is 2.04. The Labute approximate surface area is 82.9 Å². The lowest BCUT2D eigenvalue weighted by molar-refractivity contribution is -0.116. The van der Waals surface area contributed by atoms with Crippen LogP contribution in [0, 0.1) is 0 Å². The van der Waals surface area contributed by atoms with Gasteiger partial charge in [0.2, 0.25) is 5.91 Å². The summed E-state index contributed by atoms with van der Waals surface area (Å²) in [6, 6.07) is 1.65. The Morgan fingerprint density at radius 1 is 1.64 bits per heavy atom. The fourth-order valence-electron chi connectivity index (χ4n) is 1.22. The molecule has 0 aliphatic rings. The van der Waals surface area contributed by atoms with E-state index in [-0.39, 0.29) is 5.91 Å². The Morgan fingerprint density at radius 2 is 2.36 bits per heavy atom. The van der Waals surface area contributed by atoms with Crippen LogP contribution < -0.4 is 5.32 Å². The van der Waals surface area contributed by atoms with Crippen molar-refractivity contribution >= 4 is 17.9 Å². The van der Waals surface area contributed by atoms with Crippen molar-refractivity contribution in [2.45, 2.75) is 19.8 Å². The summed E-state index contributed by atoms with van der Waals surface area (Å²) in [7, 11) is 1.76. The normalized spacial score (nSPS) is 9.86. The van der Waals surface area contributed by atoms with E-state index in [1.807, 2.05) is 6.92 Å². The molecule has 0 aliphatic carbocycles. The molecule has 4 nitrogen and oxygen atoms in total. The lowest BCUT2D eigenvalue weighted by Crippen LogP contribution is -2.09. The third-order valence-corrected chi connectivity index (χ3v) is 1.92. The topological polar surface area (TPSA) is 51.1 Å². The van der Waals surface area contributed by atoms with Crippen molar-refractivity contribution in [1.29, 1.82) is 0 Å². The molecule has 0 unspecified atom stereocenters. The van der Waals surface area contributed by atoms with Crippen molar-refractivity contribution in [3.05, 3.63) is 18.0 Å². The van der Waals surface area contributed by atoms with Gasteiger partial charge in [-0.05, 0) is 12.5 Å². The molecule has 0 aromatic carbocycles. The van der Waals surface area contributed by atoms with Gasteiger partial charge in [-0.2, -0.15) is 0 Å². The highest BCUT2D eigenvalue weighted by Crippen LogP contribution is 2.11. The van der Waals surface area contributed by atoms with Gasteiger partial charge in [-0.15, -0.1) is 0 Å². The van der Waals surface area contributed by atoms with Gasteiger partial charge in [0.25, 0.3) is 0 Å². The van der Waals surface area contributed by atoms with Crippen LogP contribution in [0.2, 0.25) is 0 Å². The number of aldehydes is 1. The number of rotatable bonds is 4. The standard InChI is InChI=1S/C10H14N2O2/c1-3-4-10(14)11-8-5-9(7-13)12(2)6-8/h5-7H,3-4H2,1-2H3,(H,11,14). The van der Waals surface area contributed by atoms with Gasteiger partial charge in [-0.25, -0.2) is 0 Å². The fourth-order valence-corrected chi connectivity index (χ4v) is 1.22. The first-order chi connectivity index (χ1) is 6.67. The summed E-state index contributed by atoms with van der Waals surface area (Å²) in [6.45, 7) is 1.95. The Balaban J connectivity index is 2.68. The van der Waals surface area contributed by atoms with Crippen LogP contribution in [0.15, 0.2) is 12.3 Å². The zero-order valence-electron chi connectivity index (χ0n) is 8.41. The second kappa shape index (κ2) is 4.60. The van der Waals surface area contributed by atoms with Gasteiger partial charge in [0.1, 0.15) is 0 Å². The molecule has 0 radical (unpaired) electrons. The van der Waals surface area contributed by atoms with Crippen LogP contribution in [0.25, 0.3) is 0 Å². The van der Waals surface area contributed by atoms with E-state index in [2.05, 4.69) is 5.32 Å². The number of aryl methyl sites for hydroxylation is 1. The van der Waals surface area contributed by atoms with Gasteiger partial charge in [0.05, 0.1) is 11.4 Å². The Kier molecular flexibility index (Phi) is 3.45. The van der Waals surface area contributed by atoms with Gasteiger partial charge in [-0.1, -0.05) is 6.92 Å². The van der Waals surface area contributed by atoms with Crippen molar-refractivity contribution < 1.29 is 9.59 Å². The van der Waals surface area contributed by atoms with E-state index in [1.54, 1.807) is 23.9 Å². The zero-order valence-corrected chi connectivity index (χ0v) is 8.41.